The summed E-state index contributed by atoms with van der Waals surface area (Å²) < 4.78 is 16.4. The maximum Gasteiger partial charge on any atom is 0.167 e. The van der Waals surface area contributed by atoms with E-state index in [1.165, 1.54) is 0 Å². The second-order valence-corrected chi connectivity index (χ2v) is 3.33. The molecular formula is C11H15NO3. The van der Waals surface area contributed by atoms with Crippen molar-refractivity contribution in [1.82, 2.24) is 0 Å². The molecule has 1 aromatic carbocycles. The van der Waals surface area contributed by atoms with Crippen LogP contribution >= 0.6 is 0 Å². The lowest BCUT2D eigenvalue weighted by atomic mass is 10.1. The molecule has 2 N–H and O–H groups in total. The molecule has 82 valence electrons. The molecule has 1 heterocycles. The van der Waals surface area contributed by atoms with E-state index in [1.54, 1.807) is 7.11 Å². The molecule has 0 saturated heterocycles. The molecule has 0 radical (unpaired) electrons. The molecule has 0 saturated carbocycles. The Kier molecular flexibility index (Phi) is 3.08. The average molecular weight is 209 g/mol. The summed E-state index contributed by atoms with van der Waals surface area (Å²) in [7, 11) is 1.64. The third-order valence-electron chi connectivity index (χ3n) is 2.44. The van der Waals surface area contributed by atoms with E-state index in [0.29, 0.717) is 19.8 Å². The lowest BCUT2D eigenvalue weighted by Crippen LogP contribution is -2.20. The Bertz CT molecular complexity index is 337. The summed E-state index contributed by atoms with van der Waals surface area (Å²) in [5, 5.41) is 0. The van der Waals surface area contributed by atoms with Crippen molar-refractivity contribution in [3.63, 3.8) is 0 Å². The van der Waals surface area contributed by atoms with Crippen LogP contribution in [0.2, 0.25) is 0 Å². The molecule has 4 heteroatoms. The van der Waals surface area contributed by atoms with Crippen LogP contribution < -0.4 is 15.2 Å². The van der Waals surface area contributed by atoms with Gasteiger partial charge in [0.15, 0.2) is 11.5 Å². The third kappa shape index (κ3) is 1.91. The molecule has 0 amide bonds. The van der Waals surface area contributed by atoms with Gasteiger partial charge >= 0.3 is 0 Å². The van der Waals surface area contributed by atoms with E-state index >= 15 is 0 Å². The van der Waals surface area contributed by atoms with Crippen LogP contribution in [0.1, 0.15) is 11.7 Å². The number of hydrogen-bond donors (Lipinski definition) is 1. The molecule has 15 heavy (non-hydrogen) atoms. The van der Waals surface area contributed by atoms with Crippen molar-refractivity contribution in [2.75, 3.05) is 26.9 Å². The van der Waals surface area contributed by atoms with E-state index in [-0.39, 0.29) is 6.10 Å². The zero-order valence-electron chi connectivity index (χ0n) is 8.73. The highest BCUT2D eigenvalue weighted by Crippen LogP contribution is 2.37. The Morgan fingerprint density at radius 3 is 2.93 bits per heavy atom. The van der Waals surface area contributed by atoms with E-state index in [9.17, 15) is 0 Å². The van der Waals surface area contributed by atoms with Crippen LogP contribution in [0.5, 0.6) is 11.5 Å². The van der Waals surface area contributed by atoms with Gasteiger partial charge in [0, 0.05) is 19.2 Å². The van der Waals surface area contributed by atoms with Crippen LogP contribution in [0.15, 0.2) is 18.2 Å². The minimum Gasteiger partial charge on any atom is -0.486 e. The second-order valence-electron chi connectivity index (χ2n) is 3.33. The van der Waals surface area contributed by atoms with Gasteiger partial charge in [-0.15, -0.1) is 0 Å². The first kappa shape index (κ1) is 10.3. The van der Waals surface area contributed by atoms with Crippen molar-refractivity contribution in [3.8, 4) is 11.5 Å². The molecule has 0 aromatic heterocycles. The van der Waals surface area contributed by atoms with E-state index in [4.69, 9.17) is 19.9 Å². The maximum atomic E-state index is 5.63. The summed E-state index contributed by atoms with van der Waals surface area (Å²) >= 11 is 0. The number of fused-ring (bicyclic) bond motifs is 1. The van der Waals surface area contributed by atoms with Crippen molar-refractivity contribution < 1.29 is 14.2 Å². The van der Waals surface area contributed by atoms with E-state index in [2.05, 4.69) is 0 Å². The summed E-state index contributed by atoms with van der Waals surface area (Å²) in [6.07, 6.45) is -0.137. The molecule has 0 aliphatic carbocycles. The highest BCUT2D eigenvalue weighted by Gasteiger charge is 2.20. The van der Waals surface area contributed by atoms with Crippen molar-refractivity contribution in [3.05, 3.63) is 23.8 Å². The Labute approximate surface area is 88.9 Å². The van der Waals surface area contributed by atoms with Crippen LogP contribution in [-0.4, -0.2) is 26.9 Å². The largest absolute Gasteiger partial charge is 0.486 e. The zero-order valence-corrected chi connectivity index (χ0v) is 8.73. The van der Waals surface area contributed by atoms with E-state index in [1.807, 2.05) is 18.2 Å². The average Bonchev–Trinajstić information content (AvgIpc) is 2.31. The number of rotatable bonds is 3. The SMILES string of the molecule is COC(CN)c1cccc2c1OCCO2. The summed E-state index contributed by atoms with van der Waals surface area (Å²) in [6, 6.07) is 5.76. The second kappa shape index (κ2) is 4.51. The Balaban J connectivity index is 2.38. The lowest BCUT2D eigenvalue weighted by Gasteiger charge is -2.23. The minimum atomic E-state index is -0.137. The van der Waals surface area contributed by atoms with Crippen LogP contribution in [0.3, 0.4) is 0 Å². The summed E-state index contributed by atoms with van der Waals surface area (Å²) in [4.78, 5) is 0. The highest BCUT2D eigenvalue weighted by molar-refractivity contribution is 5.48. The number of hydrogen-bond acceptors (Lipinski definition) is 4. The number of ether oxygens (including phenoxy) is 3. The van der Waals surface area contributed by atoms with Gasteiger partial charge in [0.05, 0.1) is 6.10 Å². The fraction of sp³-hybridized carbons (Fsp3) is 0.455. The van der Waals surface area contributed by atoms with Crippen LogP contribution in [0, 0.1) is 0 Å². The van der Waals surface area contributed by atoms with Crippen molar-refractivity contribution in [2.45, 2.75) is 6.10 Å². The van der Waals surface area contributed by atoms with Crippen LogP contribution in [0.4, 0.5) is 0 Å². The molecule has 0 spiro atoms. The molecule has 2 rings (SSSR count). The fourth-order valence-corrected chi connectivity index (χ4v) is 1.70. The van der Waals surface area contributed by atoms with Crippen molar-refractivity contribution >= 4 is 0 Å². The minimum absolute atomic E-state index is 0.137. The molecule has 1 unspecified atom stereocenters. The number of benzene rings is 1. The first-order valence-corrected chi connectivity index (χ1v) is 4.98. The van der Waals surface area contributed by atoms with Gasteiger partial charge in [0.1, 0.15) is 13.2 Å². The monoisotopic (exact) mass is 209 g/mol. The summed E-state index contributed by atoms with van der Waals surface area (Å²) in [5.74, 6) is 1.54. The molecule has 4 nitrogen and oxygen atoms in total. The van der Waals surface area contributed by atoms with Gasteiger partial charge in [0.2, 0.25) is 0 Å². The van der Waals surface area contributed by atoms with E-state index < -0.39 is 0 Å². The number of methoxy groups -OCH3 is 1. The van der Waals surface area contributed by atoms with Crippen LogP contribution in [0.25, 0.3) is 0 Å². The zero-order chi connectivity index (χ0) is 10.7. The highest BCUT2D eigenvalue weighted by atomic mass is 16.6. The van der Waals surface area contributed by atoms with Gasteiger partial charge in [-0.3, -0.25) is 0 Å². The number of nitrogens with two attached hydrogens (primary N) is 1. The predicted octanol–water partition coefficient (Wildman–Crippen LogP) is 1.10. The lowest BCUT2D eigenvalue weighted by molar-refractivity contribution is 0.101. The summed E-state index contributed by atoms with van der Waals surface area (Å²) in [6.45, 7) is 1.60. The molecule has 0 fully saturated rings. The van der Waals surface area contributed by atoms with Gasteiger partial charge in [-0.2, -0.15) is 0 Å². The molecule has 1 aliphatic heterocycles. The van der Waals surface area contributed by atoms with Gasteiger partial charge in [-0.1, -0.05) is 12.1 Å². The summed E-state index contributed by atoms with van der Waals surface area (Å²) in [5.41, 5.74) is 6.58. The van der Waals surface area contributed by atoms with Gasteiger partial charge in [0.25, 0.3) is 0 Å². The molecule has 0 bridgehead atoms. The first-order chi connectivity index (χ1) is 7.36. The van der Waals surface area contributed by atoms with Crippen molar-refractivity contribution in [2.24, 2.45) is 5.73 Å². The van der Waals surface area contributed by atoms with Gasteiger partial charge < -0.3 is 19.9 Å². The van der Waals surface area contributed by atoms with E-state index in [0.717, 1.165) is 17.1 Å². The Morgan fingerprint density at radius 1 is 1.40 bits per heavy atom. The normalized spacial score (nSPS) is 16.1. The maximum absolute atomic E-state index is 5.63. The predicted molar refractivity (Wildman–Crippen MR) is 56.2 cm³/mol. The molecule has 1 atom stereocenters. The fourth-order valence-electron chi connectivity index (χ4n) is 1.70. The Morgan fingerprint density at radius 2 is 2.20 bits per heavy atom. The van der Waals surface area contributed by atoms with Crippen molar-refractivity contribution in [1.29, 1.82) is 0 Å². The smallest absolute Gasteiger partial charge is 0.167 e. The van der Waals surface area contributed by atoms with Gasteiger partial charge in [-0.25, -0.2) is 0 Å². The molecular weight excluding hydrogens is 194 g/mol. The van der Waals surface area contributed by atoms with Crippen LogP contribution in [-0.2, 0) is 4.74 Å². The third-order valence-corrected chi connectivity index (χ3v) is 2.44. The first-order valence-electron chi connectivity index (χ1n) is 4.98. The standard InChI is InChI=1S/C11H15NO3/c1-13-10(7-12)8-3-2-4-9-11(8)15-6-5-14-9/h2-4,10H,5-7,12H2,1H3. The molecule has 1 aromatic rings. The number of para-hydroxylation sites is 1. The Hall–Kier alpha value is -1.26. The van der Waals surface area contributed by atoms with Gasteiger partial charge in [-0.05, 0) is 6.07 Å². The molecule has 1 aliphatic rings. The quantitative estimate of drug-likeness (QED) is 0.810. The topological polar surface area (TPSA) is 53.7 Å².